The summed E-state index contributed by atoms with van der Waals surface area (Å²) >= 11 is 0. The molecule has 0 spiro atoms. The lowest BCUT2D eigenvalue weighted by molar-refractivity contribution is -0.384. The SMILES string of the molecule is Cc1nn(C)c(NC2(CO)CCOCC2)c1[N+](=O)[O-]. The lowest BCUT2D eigenvalue weighted by Crippen LogP contribution is -2.47. The number of anilines is 1. The van der Waals surface area contributed by atoms with Crippen molar-refractivity contribution < 1.29 is 14.8 Å². The molecule has 1 aromatic rings. The van der Waals surface area contributed by atoms with E-state index in [9.17, 15) is 15.2 Å². The molecule has 8 nitrogen and oxygen atoms in total. The largest absolute Gasteiger partial charge is 0.394 e. The van der Waals surface area contributed by atoms with Crippen molar-refractivity contribution in [3.63, 3.8) is 0 Å². The summed E-state index contributed by atoms with van der Waals surface area (Å²) in [5.41, 5.74) is -0.263. The van der Waals surface area contributed by atoms with E-state index in [4.69, 9.17) is 4.74 Å². The van der Waals surface area contributed by atoms with Crippen LogP contribution in [0.4, 0.5) is 11.5 Å². The van der Waals surface area contributed by atoms with Crippen LogP contribution < -0.4 is 5.32 Å². The van der Waals surface area contributed by atoms with E-state index in [1.807, 2.05) is 0 Å². The number of nitro groups is 1. The number of aryl methyl sites for hydroxylation is 2. The smallest absolute Gasteiger partial charge is 0.333 e. The van der Waals surface area contributed by atoms with E-state index in [0.717, 1.165) is 0 Å². The van der Waals surface area contributed by atoms with Gasteiger partial charge < -0.3 is 15.2 Å². The minimum absolute atomic E-state index is 0.0400. The number of hydrogen-bond acceptors (Lipinski definition) is 6. The van der Waals surface area contributed by atoms with Crippen molar-refractivity contribution in [2.45, 2.75) is 25.3 Å². The molecule has 106 valence electrons. The fraction of sp³-hybridized carbons (Fsp3) is 0.727. The zero-order valence-corrected chi connectivity index (χ0v) is 11.0. The summed E-state index contributed by atoms with van der Waals surface area (Å²) in [4.78, 5) is 10.7. The van der Waals surface area contributed by atoms with Crippen molar-refractivity contribution in [2.24, 2.45) is 7.05 Å². The molecule has 0 saturated carbocycles. The van der Waals surface area contributed by atoms with Crippen LogP contribution in [0.3, 0.4) is 0 Å². The van der Waals surface area contributed by atoms with Crippen molar-refractivity contribution in [1.29, 1.82) is 0 Å². The van der Waals surface area contributed by atoms with Gasteiger partial charge in [0.2, 0.25) is 5.82 Å². The van der Waals surface area contributed by atoms with E-state index in [1.54, 1.807) is 14.0 Å². The summed E-state index contributed by atoms with van der Waals surface area (Å²) < 4.78 is 6.71. The van der Waals surface area contributed by atoms with E-state index < -0.39 is 10.5 Å². The van der Waals surface area contributed by atoms with Gasteiger partial charge in [-0.25, -0.2) is 4.68 Å². The van der Waals surface area contributed by atoms with Crippen LogP contribution in [0.1, 0.15) is 18.5 Å². The second-order valence-electron chi connectivity index (χ2n) is 4.84. The molecule has 0 radical (unpaired) electrons. The lowest BCUT2D eigenvalue weighted by Gasteiger charge is -2.36. The molecule has 2 N–H and O–H groups in total. The van der Waals surface area contributed by atoms with Crippen LogP contribution in [-0.4, -0.2) is 45.2 Å². The molecule has 1 aliphatic heterocycles. The van der Waals surface area contributed by atoms with Gasteiger partial charge in [-0.05, 0) is 19.8 Å². The molecular weight excluding hydrogens is 252 g/mol. The number of hydrogen-bond donors (Lipinski definition) is 2. The van der Waals surface area contributed by atoms with Gasteiger partial charge in [-0.1, -0.05) is 0 Å². The molecule has 1 fully saturated rings. The van der Waals surface area contributed by atoms with E-state index in [0.29, 0.717) is 37.6 Å². The number of aliphatic hydroxyl groups excluding tert-OH is 1. The normalized spacial score (nSPS) is 18.3. The topological polar surface area (TPSA) is 102 Å². The molecule has 1 aromatic heterocycles. The Labute approximate surface area is 110 Å². The molecule has 0 amide bonds. The van der Waals surface area contributed by atoms with Crippen molar-refractivity contribution in [3.8, 4) is 0 Å². The predicted molar refractivity (Wildman–Crippen MR) is 68.1 cm³/mol. The molecule has 1 aliphatic rings. The van der Waals surface area contributed by atoms with Crippen molar-refractivity contribution in [3.05, 3.63) is 15.8 Å². The van der Waals surface area contributed by atoms with Gasteiger partial charge in [-0.15, -0.1) is 0 Å². The number of aliphatic hydroxyl groups is 1. The Hall–Kier alpha value is -1.67. The fourth-order valence-electron chi connectivity index (χ4n) is 2.34. The molecule has 0 aliphatic carbocycles. The van der Waals surface area contributed by atoms with E-state index >= 15 is 0 Å². The monoisotopic (exact) mass is 270 g/mol. The first-order valence-corrected chi connectivity index (χ1v) is 6.14. The van der Waals surface area contributed by atoms with Gasteiger partial charge in [0, 0.05) is 20.3 Å². The first-order chi connectivity index (χ1) is 8.99. The molecule has 1 saturated heterocycles. The maximum absolute atomic E-state index is 11.1. The second-order valence-corrected chi connectivity index (χ2v) is 4.84. The van der Waals surface area contributed by atoms with Gasteiger partial charge in [0.1, 0.15) is 5.69 Å². The summed E-state index contributed by atoms with van der Waals surface area (Å²) in [6.45, 7) is 2.55. The Morgan fingerprint density at radius 3 is 2.74 bits per heavy atom. The minimum atomic E-state index is -0.580. The highest BCUT2D eigenvalue weighted by molar-refractivity contribution is 5.60. The summed E-state index contributed by atoms with van der Waals surface area (Å²) in [6, 6.07) is 0. The third kappa shape index (κ3) is 2.54. The molecule has 2 rings (SSSR count). The van der Waals surface area contributed by atoms with Crippen LogP contribution in [0.5, 0.6) is 0 Å². The molecular formula is C11H18N4O4. The van der Waals surface area contributed by atoms with Gasteiger partial charge in [0.15, 0.2) is 0 Å². The molecule has 19 heavy (non-hydrogen) atoms. The average molecular weight is 270 g/mol. The number of aromatic nitrogens is 2. The summed E-state index contributed by atoms with van der Waals surface area (Å²) in [7, 11) is 1.65. The molecule has 0 bridgehead atoms. The number of nitrogens with zero attached hydrogens (tertiary/aromatic N) is 3. The Morgan fingerprint density at radius 1 is 1.58 bits per heavy atom. The van der Waals surface area contributed by atoms with E-state index in [1.165, 1.54) is 4.68 Å². The molecule has 0 atom stereocenters. The van der Waals surface area contributed by atoms with Crippen LogP contribution >= 0.6 is 0 Å². The van der Waals surface area contributed by atoms with Crippen molar-refractivity contribution in [2.75, 3.05) is 25.1 Å². The minimum Gasteiger partial charge on any atom is -0.394 e. The molecule has 2 heterocycles. The van der Waals surface area contributed by atoms with Gasteiger partial charge >= 0.3 is 5.69 Å². The third-order valence-corrected chi connectivity index (χ3v) is 3.51. The Kier molecular flexibility index (Phi) is 3.72. The first-order valence-electron chi connectivity index (χ1n) is 6.14. The van der Waals surface area contributed by atoms with Crippen molar-refractivity contribution in [1.82, 2.24) is 9.78 Å². The summed E-state index contributed by atoms with van der Waals surface area (Å²) in [5, 5.41) is 27.9. The van der Waals surface area contributed by atoms with Crippen LogP contribution in [0.2, 0.25) is 0 Å². The average Bonchev–Trinajstić information content (AvgIpc) is 2.65. The van der Waals surface area contributed by atoms with Gasteiger partial charge in [-0.3, -0.25) is 10.1 Å². The zero-order valence-electron chi connectivity index (χ0n) is 11.0. The predicted octanol–water partition coefficient (Wildman–Crippen LogP) is 0.590. The van der Waals surface area contributed by atoms with Gasteiger partial charge in [0.05, 0.1) is 17.1 Å². The van der Waals surface area contributed by atoms with Crippen molar-refractivity contribution >= 4 is 11.5 Å². The van der Waals surface area contributed by atoms with Gasteiger partial charge in [0.25, 0.3) is 0 Å². The maximum atomic E-state index is 11.1. The Balaban J connectivity index is 2.34. The summed E-state index contributed by atoms with van der Waals surface area (Å²) in [5.74, 6) is 0.332. The van der Waals surface area contributed by atoms with Crippen LogP contribution in [-0.2, 0) is 11.8 Å². The Bertz CT molecular complexity index is 479. The van der Waals surface area contributed by atoms with Crippen LogP contribution in [0.15, 0.2) is 0 Å². The second kappa shape index (κ2) is 5.14. The van der Waals surface area contributed by atoms with E-state index in [2.05, 4.69) is 10.4 Å². The molecule has 0 aromatic carbocycles. The number of rotatable bonds is 4. The maximum Gasteiger partial charge on any atom is 0.333 e. The quantitative estimate of drug-likeness (QED) is 0.613. The van der Waals surface area contributed by atoms with Crippen LogP contribution in [0, 0.1) is 17.0 Å². The Morgan fingerprint density at radius 2 is 2.21 bits per heavy atom. The highest BCUT2D eigenvalue weighted by Crippen LogP contribution is 2.33. The fourth-order valence-corrected chi connectivity index (χ4v) is 2.34. The number of nitrogens with one attached hydrogen (secondary N) is 1. The first kappa shape index (κ1) is 13.8. The highest BCUT2D eigenvalue weighted by atomic mass is 16.6. The van der Waals surface area contributed by atoms with Crippen LogP contribution in [0.25, 0.3) is 0 Å². The third-order valence-electron chi connectivity index (χ3n) is 3.51. The lowest BCUT2D eigenvalue weighted by atomic mass is 9.91. The molecule has 8 heteroatoms. The molecule has 0 unspecified atom stereocenters. The van der Waals surface area contributed by atoms with E-state index in [-0.39, 0.29) is 12.3 Å². The zero-order chi connectivity index (χ0) is 14.0. The highest BCUT2D eigenvalue weighted by Gasteiger charge is 2.36. The van der Waals surface area contributed by atoms with Gasteiger partial charge in [-0.2, -0.15) is 5.10 Å². The standard InChI is InChI=1S/C11H18N4O4/c1-8-9(15(17)18)10(14(2)13-8)12-11(7-16)3-5-19-6-4-11/h12,16H,3-7H2,1-2H3. The number of ether oxygens (including phenoxy) is 1. The summed E-state index contributed by atoms with van der Waals surface area (Å²) in [6.07, 6.45) is 1.20.